The predicted octanol–water partition coefficient (Wildman–Crippen LogP) is 0.400. The van der Waals surface area contributed by atoms with Crippen LogP contribution in [0.25, 0.3) is 0 Å². The smallest absolute Gasteiger partial charge is 0.0511 e. The quantitative estimate of drug-likeness (QED) is 0.599. The maximum atomic E-state index is 8.80. The molecule has 0 amide bonds. The van der Waals surface area contributed by atoms with Crippen molar-refractivity contribution in [3.05, 3.63) is 0 Å². The van der Waals surface area contributed by atoms with Gasteiger partial charge in [-0.25, -0.2) is 0 Å². The molecule has 2 nitrogen and oxygen atoms in total. The zero-order valence-electron chi connectivity index (χ0n) is 5.68. The topological polar surface area (TPSA) is 32.3 Å². The van der Waals surface area contributed by atoms with Crippen molar-refractivity contribution in [3.8, 4) is 0 Å². The molecule has 1 heterocycles. The van der Waals surface area contributed by atoms with Gasteiger partial charge in [-0.15, -0.1) is 12.4 Å². The molecule has 0 spiro atoms. The highest BCUT2D eigenvalue weighted by Gasteiger charge is 2.33. The Kier molecular flexibility index (Phi) is 3.48. The Bertz CT molecular complexity index is 69.6. The fraction of sp³-hybridized carbons (Fsp3) is 1.00. The van der Waals surface area contributed by atoms with Crippen LogP contribution in [-0.2, 0) is 0 Å². The first-order valence-corrected chi connectivity index (χ1v) is 3.14. The van der Waals surface area contributed by atoms with E-state index < -0.39 is 0 Å². The summed E-state index contributed by atoms with van der Waals surface area (Å²) in [6.07, 6.45) is 1.09. The molecule has 0 aromatic carbocycles. The van der Waals surface area contributed by atoms with Crippen LogP contribution in [0.2, 0.25) is 0 Å². The van der Waals surface area contributed by atoms with Crippen LogP contribution in [0.15, 0.2) is 0 Å². The minimum absolute atomic E-state index is 0. The lowest BCUT2D eigenvalue weighted by Gasteiger charge is -2.40. The van der Waals surface area contributed by atoms with Crippen LogP contribution in [0.4, 0.5) is 0 Å². The molecule has 1 rings (SSSR count). The van der Waals surface area contributed by atoms with E-state index in [1.165, 1.54) is 0 Å². The molecule has 1 aliphatic rings. The first kappa shape index (κ1) is 9.21. The average Bonchev–Trinajstić information content (AvgIpc) is 1.67. The minimum Gasteiger partial charge on any atom is -0.396 e. The maximum absolute atomic E-state index is 8.80. The molecule has 0 saturated carbocycles. The van der Waals surface area contributed by atoms with Crippen molar-refractivity contribution in [1.82, 2.24) is 5.32 Å². The Morgan fingerprint density at radius 3 is 2.11 bits per heavy atom. The summed E-state index contributed by atoms with van der Waals surface area (Å²) in [6, 6.07) is 0. The fourth-order valence-electron chi connectivity index (χ4n) is 0.952. The Morgan fingerprint density at radius 2 is 2.11 bits per heavy atom. The van der Waals surface area contributed by atoms with Gasteiger partial charge in [-0.1, -0.05) is 6.92 Å². The van der Waals surface area contributed by atoms with Gasteiger partial charge in [0.25, 0.3) is 0 Å². The Morgan fingerprint density at radius 1 is 1.56 bits per heavy atom. The van der Waals surface area contributed by atoms with Gasteiger partial charge in [-0.3, -0.25) is 0 Å². The van der Waals surface area contributed by atoms with Crippen molar-refractivity contribution in [2.75, 3.05) is 19.7 Å². The predicted molar refractivity (Wildman–Crippen MR) is 39.9 cm³/mol. The van der Waals surface area contributed by atoms with E-state index in [0.717, 1.165) is 19.5 Å². The maximum Gasteiger partial charge on any atom is 0.0511 e. The molecular formula is C6H14ClNO. The lowest BCUT2D eigenvalue weighted by molar-refractivity contribution is 0.0648. The molecule has 0 unspecified atom stereocenters. The third kappa shape index (κ3) is 1.57. The molecule has 9 heavy (non-hydrogen) atoms. The van der Waals surface area contributed by atoms with E-state index in [4.69, 9.17) is 5.11 Å². The first-order valence-electron chi connectivity index (χ1n) is 3.14. The molecule has 0 atom stereocenters. The van der Waals surface area contributed by atoms with E-state index in [-0.39, 0.29) is 17.8 Å². The highest BCUT2D eigenvalue weighted by molar-refractivity contribution is 5.85. The van der Waals surface area contributed by atoms with Crippen molar-refractivity contribution in [3.63, 3.8) is 0 Å². The number of rotatable bonds is 2. The summed E-state index contributed by atoms with van der Waals surface area (Å²) in [5.41, 5.74) is 0.250. The van der Waals surface area contributed by atoms with Gasteiger partial charge in [-0.2, -0.15) is 0 Å². The van der Waals surface area contributed by atoms with Gasteiger partial charge in [0.05, 0.1) is 6.61 Å². The summed E-state index contributed by atoms with van der Waals surface area (Å²) in [6.45, 7) is 4.47. The van der Waals surface area contributed by atoms with Crippen LogP contribution in [0.5, 0.6) is 0 Å². The van der Waals surface area contributed by atoms with Crippen molar-refractivity contribution in [2.45, 2.75) is 13.3 Å². The SMILES string of the molecule is CCC1(CO)CNC1.Cl. The van der Waals surface area contributed by atoms with Gasteiger partial charge in [0, 0.05) is 18.5 Å². The second-order valence-electron chi connectivity index (χ2n) is 2.62. The second kappa shape index (κ2) is 3.40. The van der Waals surface area contributed by atoms with Crippen LogP contribution < -0.4 is 5.32 Å². The number of hydrogen-bond donors (Lipinski definition) is 2. The largest absolute Gasteiger partial charge is 0.396 e. The normalized spacial score (nSPS) is 22.0. The summed E-state index contributed by atoms with van der Waals surface area (Å²) in [5, 5.41) is 11.9. The highest BCUT2D eigenvalue weighted by atomic mass is 35.5. The van der Waals surface area contributed by atoms with Crippen LogP contribution in [0, 0.1) is 5.41 Å². The third-order valence-corrected chi connectivity index (χ3v) is 2.09. The number of nitrogens with one attached hydrogen (secondary N) is 1. The van der Waals surface area contributed by atoms with Gasteiger partial charge < -0.3 is 10.4 Å². The Balaban J connectivity index is 0.000000640. The molecule has 3 heteroatoms. The zero-order chi connectivity index (χ0) is 6.04. The molecule has 2 N–H and O–H groups in total. The summed E-state index contributed by atoms with van der Waals surface area (Å²) in [7, 11) is 0. The zero-order valence-corrected chi connectivity index (χ0v) is 6.50. The number of halogens is 1. The third-order valence-electron chi connectivity index (χ3n) is 2.09. The summed E-state index contributed by atoms with van der Waals surface area (Å²) in [5.74, 6) is 0. The molecule has 0 aliphatic carbocycles. The first-order chi connectivity index (χ1) is 3.83. The Labute approximate surface area is 62.1 Å². The molecule has 1 aliphatic heterocycles. The highest BCUT2D eigenvalue weighted by Crippen LogP contribution is 2.24. The van der Waals surface area contributed by atoms with Gasteiger partial charge in [0.1, 0.15) is 0 Å². The van der Waals surface area contributed by atoms with Crippen LogP contribution >= 0.6 is 12.4 Å². The van der Waals surface area contributed by atoms with Gasteiger partial charge in [0.15, 0.2) is 0 Å². The number of aliphatic hydroxyl groups excluding tert-OH is 1. The summed E-state index contributed by atoms with van der Waals surface area (Å²) in [4.78, 5) is 0. The Hall–Kier alpha value is 0.210. The van der Waals surface area contributed by atoms with Crippen molar-refractivity contribution >= 4 is 12.4 Å². The summed E-state index contributed by atoms with van der Waals surface area (Å²) < 4.78 is 0. The van der Waals surface area contributed by atoms with Gasteiger partial charge in [-0.05, 0) is 6.42 Å². The van der Waals surface area contributed by atoms with E-state index in [0.29, 0.717) is 6.61 Å². The van der Waals surface area contributed by atoms with Crippen molar-refractivity contribution < 1.29 is 5.11 Å². The van der Waals surface area contributed by atoms with E-state index in [1.54, 1.807) is 0 Å². The van der Waals surface area contributed by atoms with E-state index in [2.05, 4.69) is 12.2 Å². The lowest BCUT2D eigenvalue weighted by atomic mass is 9.80. The van der Waals surface area contributed by atoms with Crippen LogP contribution in [-0.4, -0.2) is 24.8 Å². The monoisotopic (exact) mass is 151 g/mol. The lowest BCUT2D eigenvalue weighted by Crippen LogP contribution is -2.55. The molecule has 0 aromatic rings. The number of aliphatic hydroxyl groups is 1. The number of hydrogen-bond acceptors (Lipinski definition) is 2. The standard InChI is InChI=1S/C6H13NO.ClH/c1-2-6(5-8)3-7-4-6;/h7-8H,2-5H2,1H3;1H. The van der Waals surface area contributed by atoms with E-state index in [1.807, 2.05) is 0 Å². The molecule has 1 fully saturated rings. The van der Waals surface area contributed by atoms with Crippen molar-refractivity contribution in [1.29, 1.82) is 0 Å². The molecule has 0 radical (unpaired) electrons. The average molecular weight is 152 g/mol. The van der Waals surface area contributed by atoms with Crippen molar-refractivity contribution in [2.24, 2.45) is 5.41 Å². The molecule has 1 saturated heterocycles. The molecule has 56 valence electrons. The molecular weight excluding hydrogens is 138 g/mol. The van der Waals surface area contributed by atoms with E-state index >= 15 is 0 Å². The minimum atomic E-state index is 0. The molecule has 0 aromatic heterocycles. The van der Waals surface area contributed by atoms with E-state index in [9.17, 15) is 0 Å². The fourth-order valence-corrected chi connectivity index (χ4v) is 0.952. The van der Waals surface area contributed by atoms with Gasteiger partial charge >= 0.3 is 0 Å². The summed E-state index contributed by atoms with van der Waals surface area (Å²) >= 11 is 0. The van der Waals surface area contributed by atoms with Crippen LogP contribution in [0.3, 0.4) is 0 Å². The van der Waals surface area contributed by atoms with Gasteiger partial charge in [0.2, 0.25) is 0 Å². The van der Waals surface area contributed by atoms with Crippen LogP contribution in [0.1, 0.15) is 13.3 Å². The second-order valence-corrected chi connectivity index (χ2v) is 2.62. The molecule has 0 bridgehead atoms.